The molecular formula is C20H18N2O4. The quantitative estimate of drug-likeness (QED) is 0.546. The molecule has 0 aliphatic rings. The Kier molecular flexibility index (Phi) is 5.03. The van der Waals surface area contributed by atoms with Crippen LogP contribution in [0.3, 0.4) is 0 Å². The van der Waals surface area contributed by atoms with Crippen LogP contribution in [0.4, 0.5) is 0 Å². The topological polar surface area (TPSA) is 80.2 Å². The van der Waals surface area contributed by atoms with E-state index < -0.39 is 0 Å². The highest BCUT2D eigenvalue weighted by atomic mass is 16.5. The van der Waals surface area contributed by atoms with Gasteiger partial charge < -0.3 is 14.6 Å². The molecule has 0 radical (unpaired) electrons. The number of amides is 1. The number of hydrazone groups is 1. The molecule has 132 valence electrons. The highest BCUT2D eigenvalue weighted by Gasteiger charge is 2.11. The number of carbonyl (C=O) groups is 1. The highest BCUT2D eigenvalue weighted by Crippen LogP contribution is 2.36. The van der Waals surface area contributed by atoms with E-state index in [1.54, 1.807) is 18.2 Å². The fourth-order valence-electron chi connectivity index (χ4n) is 2.64. The van der Waals surface area contributed by atoms with Crippen LogP contribution in [0, 0.1) is 0 Å². The van der Waals surface area contributed by atoms with Gasteiger partial charge in [0.05, 0.1) is 20.4 Å². The van der Waals surface area contributed by atoms with Crippen molar-refractivity contribution in [2.75, 3.05) is 14.2 Å². The van der Waals surface area contributed by atoms with Gasteiger partial charge in [-0.2, -0.15) is 5.10 Å². The first-order chi connectivity index (χ1) is 12.6. The fraction of sp³-hybridized carbons (Fsp3) is 0.100. The molecule has 1 amide bonds. The molecule has 0 saturated heterocycles. The van der Waals surface area contributed by atoms with E-state index in [-0.39, 0.29) is 23.2 Å². The summed E-state index contributed by atoms with van der Waals surface area (Å²) in [6.45, 7) is 0. The van der Waals surface area contributed by atoms with Gasteiger partial charge in [0.2, 0.25) is 5.75 Å². The second kappa shape index (κ2) is 7.57. The zero-order chi connectivity index (χ0) is 18.5. The molecule has 0 atom stereocenters. The highest BCUT2D eigenvalue weighted by molar-refractivity contribution is 6.07. The number of benzene rings is 3. The third-order valence-electron chi connectivity index (χ3n) is 3.92. The molecule has 26 heavy (non-hydrogen) atoms. The van der Waals surface area contributed by atoms with Crippen molar-refractivity contribution in [3.8, 4) is 17.2 Å². The summed E-state index contributed by atoms with van der Waals surface area (Å²) in [5.41, 5.74) is 3.66. The molecular weight excluding hydrogens is 332 g/mol. The van der Waals surface area contributed by atoms with E-state index in [2.05, 4.69) is 10.5 Å². The molecule has 0 fully saturated rings. The molecule has 0 bridgehead atoms. The number of nitrogens with zero attached hydrogens (tertiary/aromatic N) is 1. The van der Waals surface area contributed by atoms with E-state index in [9.17, 15) is 9.90 Å². The minimum atomic E-state index is -0.309. The van der Waals surface area contributed by atoms with Gasteiger partial charge in [0.15, 0.2) is 11.5 Å². The van der Waals surface area contributed by atoms with Crippen molar-refractivity contribution in [3.05, 3.63) is 65.7 Å². The van der Waals surface area contributed by atoms with Crippen molar-refractivity contribution in [3.63, 3.8) is 0 Å². The van der Waals surface area contributed by atoms with E-state index in [0.717, 1.165) is 10.8 Å². The van der Waals surface area contributed by atoms with Crippen LogP contribution in [0.25, 0.3) is 10.8 Å². The minimum absolute atomic E-state index is 0.0908. The molecule has 6 heteroatoms. The van der Waals surface area contributed by atoms with Gasteiger partial charge in [0, 0.05) is 11.1 Å². The van der Waals surface area contributed by atoms with Gasteiger partial charge >= 0.3 is 0 Å². The molecule has 0 aliphatic heterocycles. The molecule has 0 aromatic heterocycles. The van der Waals surface area contributed by atoms with Crippen molar-refractivity contribution in [1.82, 2.24) is 5.43 Å². The molecule has 0 spiro atoms. The zero-order valence-corrected chi connectivity index (χ0v) is 14.4. The Morgan fingerprint density at radius 1 is 1.04 bits per heavy atom. The molecule has 2 N–H and O–H groups in total. The average Bonchev–Trinajstić information content (AvgIpc) is 2.68. The minimum Gasteiger partial charge on any atom is -0.502 e. The summed E-state index contributed by atoms with van der Waals surface area (Å²) in [5.74, 6) is 0.111. The maximum absolute atomic E-state index is 12.4. The van der Waals surface area contributed by atoms with E-state index in [0.29, 0.717) is 11.1 Å². The van der Waals surface area contributed by atoms with Crippen LogP contribution in [0.15, 0.2) is 59.7 Å². The van der Waals surface area contributed by atoms with E-state index >= 15 is 0 Å². The molecule has 0 unspecified atom stereocenters. The number of fused-ring (bicyclic) bond motifs is 1. The number of hydrogen-bond donors (Lipinski definition) is 2. The van der Waals surface area contributed by atoms with Crippen LogP contribution in [0.2, 0.25) is 0 Å². The Bertz CT molecular complexity index is 952. The number of ether oxygens (including phenoxy) is 2. The van der Waals surface area contributed by atoms with Crippen molar-refractivity contribution < 1.29 is 19.4 Å². The standard InChI is InChI=1S/C20H18N2O4/c1-25-17-10-13(11-18(26-2)19(17)23)12-21-22-20(24)16-9-5-7-14-6-3-4-8-15(14)16/h3-12,23H,1-2H3,(H,22,24)/b21-12-. The number of aromatic hydroxyl groups is 1. The molecule has 0 aliphatic carbocycles. The summed E-state index contributed by atoms with van der Waals surface area (Å²) < 4.78 is 10.2. The maximum atomic E-state index is 12.4. The summed E-state index contributed by atoms with van der Waals surface area (Å²) in [7, 11) is 2.88. The molecule has 0 saturated carbocycles. The van der Waals surface area contributed by atoms with E-state index in [1.165, 1.54) is 20.4 Å². The first-order valence-electron chi connectivity index (χ1n) is 7.90. The normalized spacial score (nSPS) is 10.8. The van der Waals surface area contributed by atoms with Crippen molar-refractivity contribution in [2.24, 2.45) is 5.10 Å². The molecule has 0 heterocycles. The fourth-order valence-corrected chi connectivity index (χ4v) is 2.64. The Morgan fingerprint density at radius 3 is 2.38 bits per heavy atom. The number of hydrogen-bond acceptors (Lipinski definition) is 5. The van der Waals surface area contributed by atoms with Crippen molar-refractivity contribution >= 4 is 22.9 Å². The monoisotopic (exact) mass is 350 g/mol. The molecule has 3 aromatic carbocycles. The average molecular weight is 350 g/mol. The summed E-state index contributed by atoms with van der Waals surface area (Å²) in [5, 5.41) is 15.7. The summed E-state index contributed by atoms with van der Waals surface area (Å²) in [6, 6.07) is 16.4. The predicted octanol–water partition coefficient (Wildman–Crippen LogP) is 3.33. The van der Waals surface area contributed by atoms with Crippen LogP contribution < -0.4 is 14.9 Å². The Morgan fingerprint density at radius 2 is 1.69 bits per heavy atom. The first-order valence-corrected chi connectivity index (χ1v) is 7.90. The lowest BCUT2D eigenvalue weighted by Crippen LogP contribution is -2.17. The zero-order valence-electron chi connectivity index (χ0n) is 14.4. The maximum Gasteiger partial charge on any atom is 0.271 e. The Labute approximate surface area is 150 Å². The second-order valence-corrected chi connectivity index (χ2v) is 5.50. The Balaban J connectivity index is 1.81. The summed E-state index contributed by atoms with van der Waals surface area (Å²) in [6.07, 6.45) is 1.45. The van der Waals surface area contributed by atoms with Crippen LogP contribution in [-0.4, -0.2) is 31.4 Å². The van der Waals surface area contributed by atoms with Gasteiger partial charge in [0.25, 0.3) is 5.91 Å². The number of phenols is 1. The van der Waals surface area contributed by atoms with Crippen molar-refractivity contribution in [2.45, 2.75) is 0 Å². The first kappa shape index (κ1) is 17.3. The van der Waals surface area contributed by atoms with Crippen LogP contribution >= 0.6 is 0 Å². The van der Waals surface area contributed by atoms with Crippen molar-refractivity contribution in [1.29, 1.82) is 0 Å². The lowest BCUT2D eigenvalue weighted by Gasteiger charge is -2.09. The number of phenolic OH excluding ortho intramolecular Hbond substituents is 1. The number of rotatable bonds is 5. The summed E-state index contributed by atoms with van der Waals surface area (Å²) in [4.78, 5) is 12.4. The van der Waals surface area contributed by atoms with Gasteiger partial charge in [-0.1, -0.05) is 36.4 Å². The van der Waals surface area contributed by atoms with Gasteiger partial charge in [-0.25, -0.2) is 5.43 Å². The molecule has 3 rings (SSSR count). The van der Waals surface area contributed by atoms with E-state index in [1.807, 2.05) is 36.4 Å². The third-order valence-corrected chi connectivity index (χ3v) is 3.92. The van der Waals surface area contributed by atoms with E-state index in [4.69, 9.17) is 9.47 Å². The predicted molar refractivity (Wildman–Crippen MR) is 100 cm³/mol. The summed E-state index contributed by atoms with van der Waals surface area (Å²) >= 11 is 0. The second-order valence-electron chi connectivity index (χ2n) is 5.50. The smallest absolute Gasteiger partial charge is 0.271 e. The number of methoxy groups -OCH3 is 2. The lowest BCUT2D eigenvalue weighted by atomic mass is 10.0. The Hall–Kier alpha value is -3.54. The van der Waals surface area contributed by atoms with Gasteiger partial charge in [-0.3, -0.25) is 4.79 Å². The third kappa shape index (κ3) is 3.44. The van der Waals surface area contributed by atoms with Crippen LogP contribution in [0.5, 0.6) is 17.2 Å². The van der Waals surface area contributed by atoms with Gasteiger partial charge in [-0.05, 0) is 29.0 Å². The van der Waals surface area contributed by atoms with Gasteiger partial charge in [0.1, 0.15) is 0 Å². The van der Waals surface area contributed by atoms with Crippen LogP contribution in [-0.2, 0) is 0 Å². The molecule has 3 aromatic rings. The SMILES string of the molecule is COc1cc(/C=N\NC(=O)c2cccc3ccccc23)cc(OC)c1O. The lowest BCUT2D eigenvalue weighted by molar-refractivity contribution is 0.0957. The largest absolute Gasteiger partial charge is 0.502 e. The molecule has 6 nitrogen and oxygen atoms in total. The number of nitrogens with one attached hydrogen (secondary N) is 1. The van der Waals surface area contributed by atoms with Gasteiger partial charge in [-0.15, -0.1) is 0 Å². The van der Waals surface area contributed by atoms with Crippen LogP contribution in [0.1, 0.15) is 15.9 Å². The number of carbonyl (C=O) groups excluding carboxylic acids is 1.